The van der Waals surface area contributed by atoms with Gasteiger partial charge in [0, 0.05) is 48.0 Å². The first-order chi connectivity index (χ1) is 11.6. The minimum Gasteiger partial charge on any atom is -0.385 e. The zero-order valence-corrected chi connectivity index (χ0v) is 14.5. The molecule has 0 saturated carbocycles. The summed E-state index contributed by atoms with van der Waals surface area (Å²) in [6.07, 6.45) is 2.87. The normalized spacial score (nSPS) is 12.5. The number of fused-ring (bicyclic) bond motifs is 1. The first-order valence-corrected chi connectivity index (χ1v) is 8.40. The van der Waals surface area contributed by atoms with Gasteiger partial charge in [-0.3, -0.25) is 0 Å². The molecule has 0 unspecified atom stereocenters. The highest BCUT2D eigenvalue weighted by Crippen LogP contribution is 2.32. The van der Waals surface area contributed by atoms with E-state index in [-0.39, 0.29) is 0 Å². The van der Waals surface area contributed by atoms with E-state index in [1.807, 2.05) is 13.1 Å². The minimum atomic E-state index is 0.507. The smallest absolute Gasteiger partial charge is 0.147 e. The molecule has 1 atom stereocenters. The lowest BCUT2D eigenvalue weighted by Crippen LogP contribution is -2.24. The van der Waals surface area contributed by atoms with Crippen LogP contribution in [0.25, 0.3) is 22.2 Å². The fourth-order valence-corrected chi connectivity index (χ4v) is 2.84. The van der Waals surface area contributed by atoms with Crippen LogP contribution in [-0.2, 0) is 6.54 Å². The quantitative estimate of drug-likeness (QED) is 0.557. The van der Waals surface area contributed by atoms with Crippen LogP contribution in [-0.4, -0.2) is 23.1 Å². The lowest BCUT2D eigenvalue weighted by molar-refractivity contribution is 0.534. The summed E-state index contributed by atoms with van der Waals surface area (Å²) >= 11 is 0. The van der Waals surface area contributed by atoms with Crippen molar-refractivity contribution in [2.24, 2.45) is 0 Å². The summed E-state index contributed by atoms with van der Waals surface area (Å²) in [6.45, 7) is 5.29. The van der Waals surface area contributed by atoms with Gasteiger partial charge >= 0.3 is 0 Å². The largest absolute Gasteiger partial charge is 0.385 e. The fraction of sp³-hybridized carbons (Fsp3) is 0.316. The van der Waals surface area contributed by atoms with Gasteiger partial charge in [0.2, 0.25) is 0 Å². The van der Waals surface area contributed by atoms with E-state index in [0.717, 1.165) is 35.4 Å². The lowest BCUT2D eigenvalue weighted by Gasteiger charge is -2.11. The molecule has 0 fully saturated rings. The molecule has 2 aromatic heterocycles. The molecule has 0 aliphatic heterocycles. The van der Waals surface area contributed by atoms with Crippen LogP contribution >= 0.6 is 0 Å². The van der Waals surface area contributed by atoms with Gasteiger partial charge in [-0.05, 0) is 43.2 Å². The number of nitrogens with one attached hydrogen (secondary N) is 3. The number of pyridine rings is 1. The number of anilines is 2. The van der Waals surface area contributed by atoms with Crippen LogP contribution in [0, 0.1) is 0 Å². The number of rotatable bonds is 6. The summed E-state index contributed by atoms with van der Waals surface area (Å²) in [5.41, 5.74) is 11.3. The predicted molar refractivity (Wildman–Crippen MR) is 102 cm³/mol. The van der Waals surface area contributed by atoms with Crippen LogP contribution in [0.5, 0.6) is 0 Å². The summed E-state index contributed by atoms with van der Waals surface area (Å²) < 4.78 is 0. The molecule has 0 spiro atoms. The van der Waals surface area contributed by atoms with Gasteiger partial charge in [-0.2, -0.15) is 0 Å². The van der Waals surface area contributed by atoms with Crippen molar-refractivity contribution < 1.29 is 0 Å². The summed E-state index contributed by atoms with van der Waals surface area (Å²) in [7, 11) is 1.86. The van der Waals surface area contributed by atoms with E-state index in [1.165, 1.54) is 10.9 Å². The molecule has 2 heterocycles. The molecule has 5 heteroatoms. The number of nitrogen functional groups attached to an aromatic ring is 1. The van der Waals surface area contributed by atoms with Gasteiger partial charge in [0.05, 0.1) is 5.69 Å². The molecule has 24 heavy (non-hydrogen) atoms. The first kappa shape index (κ1) is 16.3. The third-order valence-corrected chi connectivity index (χ3v) is 4.47. The maximum absolute atomic E-state index is 5.97. The van der Waals surface area contributed by atoms with E-state index in [2.05, 4.69) is 58.7 Å². The van der Waals surface area contributed by atoms with Gasteiger partial charge in [-0.15, -0.1) is 0 Å². The second-order valence-corrected chi connectivity index (χ2v) is 6.16. The third kappa shape index (κ3) is 3.21. The number of aromatic nitrogens is 2. The lowest BCUT2D eigenvalue weighted by atomic mass is 10.1. The molecule has 0 aliphatic carbocycles. The van der Waals surface area contributed by atoms with Gasteiger partial charge in [0.15, 0.2) is 0 Å². The second kappa shape index (κ2) is 6.93. The van der Waals surface area contributed by atoms with Crippen LogP contribution in [0.2, 0.25) is 0 Å². The van der Waals surface area contributed by atoms with E-state index >= 15 is 0 Å². The Balaban J connectivity index is 1.93. The van der Waals surface area contributed by atoms with E-state index in [0.29, 0.717) is 11.9 Å². The van der Waals surface area contributed by atoms with E-state index in [9.17, 15) is 0 Å². The second-order valence-electron chi connectivity index (χ2n) is 6.16. The van der Waals surface area contributed by atoms with Crippen molar-refractivity contribution in [1.29, 1.82) is 0 Å². The fourth-order valence-electron chi connectivity index (χ4n) is 2.84. The highest BCUT2D eigenvalue weighted by Gasteiger charge is 2.11. The summed E-state index contributed by atoms with van der Waals surface area (Å²) in [4.78, 5) is 7.62. The molecule has 5 nitrogen and oxygen atoms in total. The Morgan fingerprint density at radius 1 is 1.25 bits per heavy atom. The summed E-state index contributed by atoms with van der Waals surface area (Å²) in [5, 5.41) is 7.87. The van der Waals surface area contributed by atoms with Gasteiger partial charge < -0.3 is 21.4 Å². The Kier molecular flexibility index (Phi) is 4.71. The van der Waals surface area contributed by atoms with E-state index in [4.69, 9.17) is 5.73 Å². The molecule has 0 amide bonds. The minimum absolute atomic E-state index is 0.507. The van der Waals surface area contributed by atoms with Gasteiger partial charge in [-0.25, -0.2) is 4.98 Å². The Bertz CT molecular complexity index is 837. The van der Waals surface area contributed by atoms with Crippen LogP contribution in [0.1, 0.15) is 25.8 Å². The van der Waals surface area contributed by atoms with Crippen molar-refractivity contribution in [3.8, 4) is 11.3 Å². The maximum atomic E-state index is 5.97. The van der Waals surface area contributed by atoms with Crippen LogP contribution in [0.15, 0.2) is 36.5 Å². The Morgan fingerprint density at radius 3 is 2.83 bits per heavy atom. The maximum Gasteiger partial charge on any atom is 0.147 e. The van der Waals surface area contributed by atoms with Crippen LogP contribution < -0.4 is 16.4 Å². The average molecular weight is 323 g/mol. The Morgan fingerprint density at radius 2 is 2.08 bits per heavy atom. The molecule has 0 radical (unpaired) electrons. The number of benzene rings is 1. The highest BCUT2D eigenvalue weighted by atomic mass is 14.9. The number of nitrogens with two attached hydrogens (primary N) is 1. The molecule has 1 aromatic carbocycles. The SMILES string of the molecule is CC[C@@H](C)NCc1ccc2[nH]c(-c3ccnc(N)c3NC)cc2c1. The van der Waals surface area contributed by atoms with Gasteiger partial charge in [-0.1, -0.05) is 13.0 Å². The van der Waals surface area contributed by atoms with Crippen LogP contribution in [0.3, 0.4) is 0 Å². The third-order valence-electron chi connectivity index (χ3n) is 4.47. The monoisotopic (exact) mass is 323 g/mol. The van der Waals surface area contributed by atoms with E-state index < -0.39 is 0 Å². The average Bonchev–Trinajstić information content (AvgIpc) is 3.02. The van der Waals surface area contributed by atoms with Crippen molar-refractivity contribution in [3.05, 3.63) is 42.1 Å². The number of aromatic amines is 1. The Hall–Kier alpha value is -2.53. The zero-order chi connectivity index (χ0) is 17.1. The van der Waals surface area contributed by atoms with E-state index in [1.54, 1.807) is 6.20 Å². The molecule has 3 rings (SSSR count). The summed E-state index contributed by atoms with van der Waals surface area (Å²) in [5.74, 6) is 0.507. The standard InChI is InChI=1S/C19H25N5/c1-4-12(2)23-11-13-5-6-16-14(9-13)10-17(24-16)15-7-8-22-19(20)18(15)21-3/h5-10,12,21,23-24H,4,11H2,1-3H3,(H2,20,22)/t12-/m1/s1. The van der Waals surface area contributed by atoms with Crippen molar-refractivity contribution in [1.82, 2.24) is 15.3 Å². The molecule has 0 aliphatic rings. The Labute approximate surface area is 142 Å². The molecule has 0 saturated heterocycles. The van der Waals surface area contributed by atoms with Gasteiger partial charge in [0.25, 0.3) is 0 Å². The van der Waals surface area contributed by atoms with Crippen LogP contribution in [0.4, 0.5) is 11.5 Å². The molecule has 3 aromatic rings. The number of nitrogens with zero attached hydrogens (tertiary/aromatic N) is 1. The topological polar surface area (TPSA) is 78.8 Å². The highest BCUT2D eigenvalue weighted by molar-refractivity contribution is 5.91. The number of hydrogen-bond acceptors (Lipinski definition) is 4. The summed E-state index contributed by atoms with van der Waals surface area (Å²) in [6, 6.07) is 11.2. The van der Waals surface area contributed by atoms with Crippen molar-refractivity contribution in [2.45, 2.75) is 32.9 Å². The first-order valence-electron chi connectivity index (χ1n) is 8.40. The predicted octanol–water partition coefficient (Wildman–Crippen LogP) is 3.74. The number of hydrogen-bond donors (Lipinski definition) is 4. The van der Waals surface area contributed by atoms with Gasteiger partial charge in [0.1, 0.15) is 5.82 Å². The molecular formula is C19H25N5. The van der Waals surface area contributed by atoms with Crippen molar-refractivity contribution in [2.75, 3.05) is 18.1 Å². The molecule has 5 N–H and O–H groups in total. The zero-order valence-electron chi connectivity index (χ0n) is 14.5. The molecular weight excluding hydrogens is 298 g/mol. The number of H-pyrrole nitrogens is 1. The van der Waals surface area contributed by atoms with Crippen molar-refractivity contribution >= 4 is 22.4 Å². The molecule has 0 bridgehead atoms. The van der Waals surface area contributed by atoms with Crippen molar-refractivity contribution in [3.63, 3.8) is 0 Å². The molecule has 126 valence electrons.